The number of ether oxygens (including phenoxy) is 3. The van der Waals surface area contributed by atoms with Crippen LogP contribution in [0.3, 0.4) is 0 Å². The maximum Gasteiger partial charge on any atom is 0.161 e. The molecular weight excluding hydrogens is 280 g/mol. The molecule has 0 N–H and O–H groups in total. The first-order valence-corrected chi connectivity index (χ1v) is 7.75. The summed E-state index contributed by atoms with van der Waals surface area (Å²) in [5.74, 6) is 2.46. The molecule has 22 heavy (non-hydrogen) atoms. The fraction of sp³-hybridized carbons (Fsp3) is 0.471. The van der Waals surface area contributed by atoms with Gasteiger partial charge in [-0.25, -0.2) is 4.98 Å². The van der Waals surface area contributed by atoms with Crippen LogP contribution in [0, 0.1) is 0 Å². The smallest absolute Gasteiger partial charge is 0.161 e. The van der Waals surface area contributed by atoms with Crippen LogP contribution in [0.1, 0.15) is 25.8 Å². The molecule has 0 unspecified atom stereocenters. The van der Waals surface area contributed by atoms with Crippen molar-refractivity contribution in [1.82, 2.24) is 9.55 Å². The molecule has 0 amide bonds. The van der Waals surface area contributed by atoms with Crippen molar-refractivity contribution in [3.8, 4) is 22.9 Å². The average Bonchev–Trinajstić information content (AvgIpc) is 3.06. The number of hydrogen-bond acceptors (Lipinski definition) is 4. The molecule has 0 atom stereocenters. The summed E-state index contributed by atoms with van der Waals surface area (Å²) in [6.45, 7) is 4.21. The van der Waals surface area contributed by atoms with Crippen LogP contribution in [0.2, 0.25) is 0 Å². The molecule has 2 aromatic rings. The van der Waals surface area contributed by atoms with E-state index >= 15 is 0 Å². The molecule has 5 heteroatoms. The zero-order valence-electron chi connectivity index (χ0n) is 13.1. The highest BCUT2D eigenvalue weighted by atomic mass is 16.5. The van der Waals surface area contributed by atoms with E-state index in [0.717, 1.165) is 48.9 Å². The Balaban J connectivity index is 1.92. The van der Waals surface area contributed by atoms with E-state index in [1.807, 2.05) is 37.5 Å². The van der Waals surface area contributed by atoms with Gasteiger partial charge in [-0.15, -0.1) is 0 Å². The minimum Gasteiger partial charge on any atom is -0.493 e. The van der Waals surface area contributed by atoms with Crippen LogP contribution in [0.15, 0.2) is 30.6 Å². The molecule has 3 rings (SSSR count). The van der Waals surface area contributed by atoms with Gasteiger partial charge in [0.2, 0.25) is 0 Å². The topological polar surface area (TPSA) is 45.5 Å². The van der Waals surface area contributed by atoms with Crippen LogP contribution in [-0.2, 0) is 4.74 Å². The normalized spacial score (nSPS) is 15.7. The summed E-state index contributed by atoms with van der Waals surface area (Å²) >= 11 is 0. The van der Waals surface area contributed by atoms with Crippen LogP contribution < -0.4 is 9.47 Å². The van der Waals surface area contributed by atoms with Gasteiger partial charge in [0.15, 0.2) is 11.5 Å². The summed E-state index contributed by atoms with van der Waals surface area (Å²) < 4.78 is 18.7. The van der Waals surface area contributed by atoms with Gasteiger partial charge in [-0.3, -0.25) is 0 Å². The van der Waals surface area contributed by atoms with Crippen molar-refractivity contribution < 1.29 is 14.2 Å². The predicted octanol–water partition coefficient (Wildman–Crippen LogP) is 3.31. The fourth-order valence-electron chi connectivity index (χ4n) is 2.88. The number of rotatable bonds is 5. The lowest BCUT2D eigenvalue weighted by Gasteiger charge is -2.25. The first-order chi connectivity index (χ1) is 10.8. The average molecular weight is 302 g/mol. The van der Waals surface area contributed by atoms with Crippen molar-refractivity contribution >= 4 is 0 Å². The van der Waals surface area contributed by atoms with Crippen LogP contribution in [0.25, 0.3) is 11.4 Å². The van der Waals surface area contributed by atoms with Crippen molar-refractivity contribution in [2.75, 3.05) is 26.9 Å². The van der Waals surface area contributed by atoms with Gasteiger partial charge in [-0.1, -0.05) is 0 Å². The van der Waals surface area contributed by atoms with Gasteiger partial charge in [-0.05, 0) is 38.0 Å². The van der Waals surface area contributed by atoms with Gasteiger partial charge in [-0.2, -0.15) is 0 Å². The van der Waals surface area contributed by atoms with Crippen molar-refractivity contribution in [2.45, 2.75) is 25.8 Å². The number of hydrogen-bond donors (Lipinski definition) is 0. The van der Waals surface area contributed by atoms with E-state index in [0.29, 0.717) is 12.6 Å². The second-order valence-electron chi connectivity index (χ2n) is 5.30. The monoisotopic (exact) mass is 302 g/mol. The van der Waals surface area contributed by atoms with Gasteiger partial charge in [0.05, 0.1) is 13.7 Å². The molecule has 0 bridgehead atoms. The molecule has 1 aliphatic heterocycles. The second-order valence-corrected chi connectivity index (χ2v) is 5.30. The first kappa shape index (κ1) is 14.9. The molecule has 1 aliphatic rings. The minimum atomic E-state index is 0.448. The highest BCUT2D eigenvalue weighted by Crippen LogP contribution is 2.34. The Labute approximate surface area is 130 Å². The molecule has 5 nitrogen and oxygen atoms in total. The van der Waals surface area contributed by atoms with E-state index in [1.54, 1.807) is 7.11 Å². The Kier molecular flexibility index (Phi) is 4.63. The zero-order valence-corrected chi connectivity index (χ0v) is 13.1. The number of nitrogens with zero attached hydrogens (tertiary/aromatic N) is 2. The highest BCUT2D eigenvalue weighted by Gasteiger charge is 2.19. The second kappa shape index (κ2) is 6.83. The number of benzene rings is 1. The van der Waals surface area contributed by atoms with Crippen molar-refractivity contribution in [2.24, 2.45) is 0 Å². The quantitative estimate of drug-likeness (QED) is 0.850. The molecule has 1 saturated heterocycles. The maximum absolute atomic E-state index is 5.58. The Bertz CT molecular complexity index is 618. The molecule has 0 radical (unpaired) electrons. The number of methoxy groups -OCH3 is 1. The molecule has 1 aromatic carbocycles. The van der Waals surface area contributed by atoms with Crippen LogP contribution in [-0.4, -0.2) is 36.5 Å². The van der Waals surface area contributed by atoms with Gasteiger partial charge in [0.1, 0.15) is 5.82 Å². The van der Waals surface area contributed by atoms with Crippen LogP contribution in [0.5, 0.6) is 11.5 Å². The molecule has 118 valence electrons. The van der Waals surface area contributed by atoms with Gasteiger partial charge in [0, 0.05) is 37.2 Å². The summed E-state index contributed by atoms with van der Waals surface area (Å²) in [7, 11) is 1.66. The zero-order chi connectivity index (χ0) is 15.4. The first-order valence-electron chi connectivity index (χ1n) is 7.75. The van der Waals surface area contributed by atoms with Gasteiger partial charge < -0.3 is 18.8 Å². The Hall–Kier alpha value is -2.01. The summed E-state index contributed by atoms with van der Waals surface area (Å²) in [5.41, 5.74) is 1.04. The number of aromatic nitrogens is 2. The molecular formula is C17H22N2O3. The predicted molar refractivity (Wildman–Crippen MR) is 84.5 cm³/mol. The maximum atomic E-state index is 5.58. The molecule has 1 aromatic heterocycles. The Morgan fingerprint density at radius 3 is 2.82 bits per heavy atom. The third-order valence-corrected chi connectivity index (χ3v) is 3.97. The number of imidazole rings is 1. The summed E-state index contributed by atoms with van der Waals surface area (Å²) in [6, 6.07) is 6.42. The van der Waals surface area contributed by atoms with E-state index in [9.17, 15) is 0 Å². The van der Waals surface area contributed by atoms with Crippen LogP contribution >= 0.6 is 0 Å². The van der Waals surface area contributed by atoms with E-state index in [2.05, 4.69) is 9.55 Å². The van der Waals surface area contributed by atoms with Crippen molar-refractivity contribution in [3.05, 3.63) is 30.6 Å². The summed E-state index contributed by atoms with van der Waals surface area (Å²) in [5, 5.41) is 0. The lowest BCUT2D eigenvalue weighted by Crippen LogP contribution is -2.19. The van der Waals surface area contributed by atoms with E-state index in [-0.39, 0.29) is 0 Å². The van der Waals surface area contributed by atoms with Gasteiger partial charge >= 0.3 is 0 Å². The molecule has 0 saturated carbocycles. The molecule has 0 spiro atoms. The van der Waals surface area contributed by atoms with Crippen LogP contribution in [0.4, 0.5) is 0 Å². The lowest BCUT2D eigenvalue weighted by atomic mass is 10.1. The lowest BCUT2D eigenvalue weighted by molar-refractivity contribution is 0.0700. The third-order valence-electron chi connectivity index (χ3n) is 3.97. The summed E-state index contributed by atoms with van der Waals surface area (Å²) in [4.78, 5) is 4.54. The van der Waals surface area contributed by atoms with Crippen molar-refractivity contribution in [3.63, 3.8) is 0 Å². The van der Waals surface area contributed by atoms with E-state index in [1.165, 1.54) is 0 Å². The molecule has 1 fully saturated rings. The van der Waals surface area contributed by atoms with E-state index in [4.69, 9.17) is 14.2 Å². The largest absolute Gasteiger partial charge is 0.493 e. The molecule has 0 aliphatic carbocycles. The summed E-state index contributed by atoms with van der Waals surface area (Å²) in [6.07, 6.45) is 5.96. The van der Waals surface area contributed by atoms with Gasteiger partial charge in [0.25, 0.3) is 0 Å². The van der Waals surface area contributed by atoms with Crippen molar-refractivity contribution in [1.29, 1.82) is 0 Å². The molecule has 2 heterocycles. The fourth-order valence-corrected chi connectivity index (χ4v) is 2.88. The SMILES string of the molecule is CCOc1ccc(-c2nccn2C2CCOCC2)cc1OC. The highest BCUT2D eigenvalue weighted by molar-refractivity contribution is 5.61. The standard InChI is InChI=1S/C17H22N2O3/c1-3-22-15-5-4-13(12-16(15)20-2)17-18-8-9-19(17)14-6-10-21-11-7-14/h4-5,8-9,12,14H,3,6-7,10-11H2,1-2H3. The minimum absolute atomic E-state index is 0.448. The van der Waals surface area contributed by atoms with E-state index < -0.39 is 0 Å². The Morgan fingerprint density at radius 1 is 1.27 bits per heavy atom. The third kappa shape index (κ3) is 2.95. The Morgan fingerprint density at radius 2 is 2.09 bits per heavy atom.